The second-order valence-electron chi connectivity index (χ2n) is 6.49. The smallest absolute Gasteiger partial charge is 0.244 e. The maximum absolute atomic E-state index is 12.6. The summed E-state index contributed by atoms with van der Waals surface area (Å²) in [6.45, 7) is 1.78. The van der Waals surface area contributed by atoms with Crippen molar-refractivity contribution in [1.82, 2.24) is 10.6 Å². The topological polar surface area (TPSA) is 67.2 Å². The van der Waals surface area contributed by atoms with Crippen molar-refractivity contribution >= 4 is 21.8 Å². The first kappa shape index (κ1) is 15.0. The number of nitrogens with two attached hydrogens (primary N) is 1. The highest BCUT2D eigenvalue weighted by Gasteiger charge is 2.37. The van der Waals surface area contributed by atoms with Crippen LogP contribution >= 0.6 is 15.9 Å². The lowest BCUT2D eigenvalue weighted by molar-refractivity contribution is -0.127. The van der Waals surface area contributed by atoms with Crippen LogP contribution in [0.3, 0.4) is 0 Å². The van der Waals surface area contributed by atoms with Crippen LogP contribution in [0.1, 0.15) is 38.2 Å². The Hall–Kier alpha value is -0.910. The minimum Gasteiger partial charge on any atom is -0.351 e. The van der Waals surface area contributed by atoms with Gasteiger partial charge in [0.25, 0.3) is 0 Å². The maximum atomic E-state index is 12.6. The highest BCUT2D eigenvalue weighted by molar-refractivity contribution is 9.10. The summed E-state index contributed by atoms with van der Waals surface area (Å²) in [4.78, 5) is 12.6. The molecule has 2 aliphatic rings. The Balaban J connectivity index is 1.67. The largest absolute Gasteiger partial charge is 0.351 e. The Morgan fingerprint density at radius 1 is 1.29 bits per heavy atom. The molecule has 0 radical (unpaired) electrons. The number of carbonyl (C=O) groups is 1. The lowest BCUT2D eigenvalue weighted by atomic mass is 9.91. The SMILES string of the molecule is CC(N)(C(=O)NC1CC2CCC(C1)N2)c1ccc(Br)cc1. The molecule has 21 heavy (non-hydrogen) atoms. The van der Waals surface area contributed by atoms with E-state index >= 15 is 0 Å². The van der Waals surface area contributed by atoms with E-state index in [0.717, 1.165) is 22.9 Å². The third-order valence-corrected chi connectivity index (χ3v) is 5.25. The van der Waals surface area contributed by atoms with Gasteiger partial charge in [0, 0.05) is 22.6 Å². The fraction of sp³-hybridized carbons (Fsp3) is 0.562. The Kier molecular flexibility index (Phi) is 4.08. The predicted molar refractivity (Wildman–Crippen MR) is 86.8 cm³/mol. The van der Waals surface area contributed by atoms with Crippen molar-refractivity contribution in [2.45, 2.75) is 56.3 Å². The summed E-state index contributed by atoms with van der Waals surface area (Å²) in [7, 11) is 0. The molecule has 0 saturated carbocycles. The van der Waals surface area contributed by atoms with Gasteiger partial charge in [-0.1, -0.05) is 28.1 Å². The highest BCUT2D eigenvalue weighted by Crippen LogP contribution is 2.28. The molecule has 2 aliphatic heterocycles. The van der Waals surface area contributed by atoms with E-state index in [0.29, 0.717) is 12.1 Å². The summed E-state index contributed by atoms with van der Waals surface area (Å²) in [5.41, 5.74) is 6.13. The number of rotatable bonds is 3. The number of hydrogen-bond acceptors (Lipinski definition) is 3. The van der Waals surface area contributed by atoms with Crippen LogP contribution in [0.2, 0.25) is 0 Å². The average Bonchev–Trinajstić information content (AvgIpc) is 2.78. The Morgan fingerprint density at radius 3 is 2.43 bits per heavy atom. The van der Waals surface area contributed by atoms with Crippen LogP contribution in [0.25, 0.3) is 0 Å². The van der Waals surface area contributed by atoms with Gasteiger partial charge in [0.1, 0.15) is 5.54 Å². The zero-order valence-electron chi connectivity index (χ0n) is 12.2. The molecule has 5 heteroatoms. The minimum atomic E-state index is -0.995. The van der Waals surface area contributed by atoms with Crippen LogP contribution in [0.4, 0.5) is 0 Å². The second-order valence-corrected chi connectivity index (χ2v) is 7.40. The molecule has 3 rings (SSSR count). The molecule has 0 spiro atoms. The van der Waals surface area contributed by atoms with Crippen molar-refractivity contribution in [3.05, 3.63) is 34.3 Å². The molecular formula is C16H22BrN3O. The molecule has 2 saturated heterocycles. The first-order chi connectivity index (χ1) is 9.95. The zero-order valence-corrected chi connectivity index (χ0v) is 13.8. The number of hydrogen-bond donors (Lipinski definition) is 3. The van der Waals surface area contributed by atoms with Crippen molar-refractivity contribution in [2.75, 3.05) is 0 Å². The lowest BCUT2D eigenvalue weighted by Crippen LogP contribution is -2.55. The number of carbonyl (C=O) groups excluding carboxylic acids is 1. The molecule has 2 heterocycles. The second kappa shape index (κ2) is 5.71. The Morgan fingerprint density at radius 2 is 1.86 bits per heavy atom. The van der Waals surface area contributed by atoms with E-state index in [1.807, 2.05) is 24.3 Å². The van der Waals surface area contributed by atoms with E-state index in [4.69, 9.17) is 5.73 Å². The van der Waals surface area contributed by atoms with Crippen LogP contribution in [0.15, 0.2) is 28.7 Å². The lowest BCUT2D eigenvalue weighted by Gasteiger charge is -2.33. The summed E-state index contributed by atoms with van der Waals surface area (Å²) in [5, 5.41) is 6.74. The summed E-state index contributed by atoms with van der Waals surface area (Å²) < 4.78 is 0.984. The summed E-state index contributed by atoms with van der Waals surface area (Å²) in [5.74, 6) is -0.0869. The molecule has 1 aromatic rings. The first-order valence-corrected chi connectivity index (χ1v) is 8.36. The molecule has 1 amide bonds. The number of nitrogens with one attached hydrogen (secondary N) is 2. The van der Waals surface area contributed by atoms with Crippen molar-refractivity contribution in [3.8, 4) is 0 Å². The molecule has 0 aromatic heterocycles. The minimum absolute atomic E-state index is 0.0869. The highest BCUT2D eigenvalue weighted by atomic mass is 79.9. The summed E-state index contributed by atoms with van der Waals surface area (Å²) >= 11 is 3.40. The molecule has 4 nitrogen and oxygen atoms in total. The van der Waals surface area contributed by atoms with Gasteiger partial charge in [-0.25, -0.2) is 0 Å². The third kappa shape index (κ3) is 3.15. The van der Waals surface area contributed by atoms with Gasteiger partial charge in [0.15, 0.2) is 0 Å². The standard InChI is InChI=1S/C16H22BrN3O/c1-16(18,10-2-4-11(17)5-3-10)15(21)20-14-8-12-6-7-13(9-14)19-12/h2-5,12-14,19H,6-9,18H2,1H3,(H,20,21). The van der Waals surface area contributed by atoms with Gasteiger partial charge >= 0.3 is 0 Å². The molecule has 2 bridgehead atoms. The van der Waals surface area contributed by atoms with Gasteiger partial charge in [0.2, 0.25) is 5.91 Å². The number of benzene rings is 1. The molecule has 4 N–H and O–H groups in total. The molecule has 0 aliphatic carbocycles. The number of fused-ring (bicyclic) bond motifs is 2. The first-order valence-electron chi connectivity index (χ1n) is 7.57. The quantitative estimate of drug-likeness (QED) is 0.780. The predicted octanol–water partition coefficient (Wildman–Crippen LogP) is 2.02. The van der Waals surface area contributed by atoms with Crippen molar-refractivity contribution in [2.24, 2.45) is 5.73 Å². The Labute approximate surface area is 134 Å². The van der Waals surface area contributed by atoms with Crippen LogP contribution in [-0.2, 0) is 10.3 Å². The monoisotopic (exact) mass is 351 g/mol. The van der Waals surface area contributed by atoms with Crippen molar-refractivity contribution in [1.29, 1.82) is 0 Å². The van der Waals surface area contributed by atoms with Gasteiger partial charge in [0.05, 0.1) is 0 Å². The third-order valence-electron chi connectivity index (χ3n) is 4.72. The van der Waals surface area contributed by atoms with E-state index in [1.165, 1.54) is 12.8 Å². The average molecular weight is 352 g/mol. The molecule has 1 aromatic carbocycles. The summed E-state index contributed by atoms with van der Waals surface area (Å²) in [6.07, 6.45) is 4.48. The Bertz CT molecular complexity index is 517. The maximum Gasteiger partial charge on any atom is 0.244 e. The van der Waals surface area contributed by atoms with Crippen LogP contribution in [0, 0.1) is 0 Å². The zero-order chi connectivity index (χ0) is 15.0. The van der Waals surface area contributed by atoms with E-state index in [1.54, 1.807) is 6.92 Å². The fourth-order valence-corrected chi connectivity index (χ4v) is 3.70. The van der Waals surface area contributed by atoms with E-state index in [2.05, 4.69) is 26.6 Å². The van der Waals surface area contributed by atoms with Gasteiger partial charge in [-0.05, 0) is 50.3 Å². The van der Waals surface area contributed by atoms with Crippen molar-refractivity contribution < 1.29 is 4.79 Å². The molecule has 114 valence electrons. The van der Waals surface area contributed by atoms with E-state index in [9.17, 15) is 4.79 Å². The fourth-order valence-electron chi connectivity index (χ4n) is 3.44. The van der Waals surface area contributed by atoms with E-state index in [-0.39, 0.29) is 11.9 Å². The molecule has 3 unspecified atom stereocenters. The molecule has 3 atom stereocenters. The number of amides is 1. The van der Waals surface area contributed by atoms with Gasteiger partial charge in [-0.2, -0.15) is 0 Å². The number of halogens is 1. The van der Waals surface area contributed by atoms with E-state index < -0.39 is 5.54 Å². The summed E-state index contributed by atoms with van der Waals surface area (Å²) in [6, 6.07) is 8.99. The normalized spacial score (nSPS) is 30.7. The van der Waals surface area contributed by atoms with Crippen LogP contribution in [-0.4, -0.2) is 24.0 Å². The van der Waals surface area contributed by atoms with Crippen LogP contribution in [0.5, 0.6) is 0 Å². The number of piperidine rings is 1. The van der Waals surface area contributed by atoms with Gasteiger partial charge < -0.3 is 16.4 Å². The van der Waals surface area contributed by atoms with Crippen LogP contribution < -0.4 is 16.4 Å². The van der Waals surface area contributed by atoms with Gasteiger partial charge in [-0.3, -0.25) is 4.79 Å². The van der Waals surface area contributed by atoms with Crippen molar-refractivity contribution in [3.63, 3.8) is 0 Å². The molecular weight excluding hydrogens is 330 g/mol. The van der Waals surface area contributed by atoms with Gasteiger partial charge in [-0.15, -0.1) is 0 Å². The molecule has 2 fully saturated rings.